The zero-order valence-corrected chi connectivity index (χ0v) is 14.7. The molecule has 0 saturated carbocycles. The van der Waals surface area contributed by atoms with E-state index in [1.165, 1.54) is 7.11 Å². The SMILES string of the molecule is CCCNC(C)c1csc(-c2cc(Br)c(O)c(OC)c2)n1. The van der Waals surface area contributed by atoms with Crippen molar-refractivity contribution in [1.82, 2.24) is 10.3 Å². The second-order valence-corrected chi connectivity index (χ2v) is 6.47. The van der Waals surface area contributed by atoms with Crippen LogP contribution in [0.1, 0.15) is 32.0 Å². The van der Waals surface area contributed by atoms with Gasteiger partial charge in [-0.2, -0.15) is 0 Å². The molecule has 114 valence electrons. The molecule has 2 N–H and O–H groups in total. The van der Waals surface area contributed by atoms with Crippen molar-refractivity contribution in [2.45, 2.75) is 26.3 Å². The third-order valence-electron chi connectivity index (χ3n) is 3.16. The summed E-state index contributed by atoms with van der Waals surface area (Å²) in [4.78, 5) is 4.68. The number of nitrogens with zero attached hydrogens (tertiary/aromatic N) is 1. The van der Waals surface area contributed by atoms with E-state index in [9.17, 15) is 5.11 Å². The number of rotatable bonds is 6. The molecule has 0 saturated heterocycles. The Hall–Kier alpha value is -1.11. The Kier molecular flexibility index (Phi) is 5.61. The summed E-state index contributed by atoms with van der Waals surface area (Å²) < 4.78 is 5.78. The summed E-state index contributed by atoms with van der Waals surface area (Å²) in [5.74, 6) is 0.546. The molecule has 0 amide bonds. The highest BCUT2D eigenvalue weighted by Crippen LogP contribution is 2.39. The number of thiazole rings is 1. The van der Waals surface area contributed by atoms with Crippen LogP contribution < -0.4 is 10.1 Å². The number of methoxy groups -OCH3 is 1. The zero-order valence-electron chi connectivity index (χ0n) is 12.3. The van der Waals surface area contributed by atoms with Gasteiger partial charge in [0, 0.05) is 17.0 Å². The second-order valence-electron chi connectivity index (χ2n) is 4.76. The van der Waals surface area contributed by atoms with Crippen molar-refractivity contribution >= 4 is 27.3 Å². The average molecular weight is 371 g/mol. The molecular weight excluding hydrogens is 352 g/mol. The van der Waals surface area contributed by atoms with Gasteiger partial charge in [0.2, 0.25) is 0 Å². The highest BCUT2D eigenvalue weighted by molar-refractivity contribution is 9.10. The van der Waals surface area contributed by atoms with E-state index in [2.05, 4.69) is 45.5 Å². The third kappa shape index (κ3) is 3.75. The number of hydrogen-bond donors (Lipinski definition) is 2. The van der Waals surface area contributed by atoms with E-state index in [4.69, 9.17) is 4.74 Å². The van der Waals surface area contributed by atoms with Gasteiger partial charge < -0.3 is 15.2 Å². The first-order valence-electron chi connectivity index (χ1n) is 6.82. The van der Waals surface area contributed by atoms with Crippen molar-refractivity contribution in [1.29, 1.82) is 0 Å². The Bertz CT molecular complexity index is 616. The number of aromatic nitrogens is 1. The molecule has 0 aliphatic carbocycles. The van der Waals surface area contributed by atoms with Gasteiger partial charge in [0.1, 0.15) is 5.01 Å². The Morgan fingerprint density at radius 2 is 2.24 bits per heavy atom. The van der Waals surface area contributed by atoms with Crippen molar-refractivity contribution in [3.8, 4) is 22.1 Å². The van der Waals surface area contributed by atoms with Crippen molar-refractivity contribution in [2.75, 3.05) is 13.7 Å². The van der Waals surface area contributed by atoms with Crippen LogP contribution in [0.15, 0.2) is 22.0 Å². The van der Waals surface area contributed by atoms with Gasteiger partial charge in [-0.25, -0.2) is 4.98 Å². The fourth-order valence-electron chi connectivity index (χ4n) is 1.94. The maximum atomic E-state index is 9.86. The lowest BCUT2D eigenvalue weighted by atomic mass is 10.2. The van der Waals surface area contributed by atoms with Crippen LogP contribution in [0, 0.1) is 0 Å². The monoisotopic (exact) mass is 370 g/mol. The molecule has 6 heteroatoms. The predicted molar refractivity (Wildman–Crippen MR) is 90.2 cm³/mol. The molecule has 2 rings (SSSR count). The molecule has 1 heterocycles. The van der Waals surface area contributed by atoms with E-state index in [1.54, 1.807) is 17.4 Å². The Morgan fingerprint density at radius 1 is 1.48 bits per heavy atom. The predicted octanol–water partition coefficient (Wildman–Crippen LogP) is 4.35. The molecule has 1 aromatic heterocycles. The molecule has 1 unspecified atom stereocenters. The molecule has 0 aliphatic rings. The number of benzene rings is 1. The summed E-state index contributed by atoms with van der Waals surface area (Å²) in [5, 5.41) is 16.3. The van der Waals surface area contributed by atoms with E-state index >= 15 is 0 Å². The minimum absolute atomic E-state index is 0.107. The molecule has 1 atom stereocenters. The van der Waals surface area contributed by atoms with Gasteiger partial charge in [0.15, 0.2) is 11.5 Å². The van der Waals surface area contributed by atoms with Crippen molar-refractivity contribution in [3.63, 3.8) is 0 Å². The van der Waals surface area contributed by atoms with Crippen molar-refractivity contribution < 1.29 is 9.84 Å². The minimum Gasteiger partial charge on any atom is -0.503 e. The average Bonchev–Trinajstić information content (AvgIpc) is 2.97. The van der Waals surface area contributed by atoms with E-state index in [0.717, 1.165) is 29.2 Å². The Balaban J connectivity index is 2.27. The lowest BCUT2D eigenvalue weighted by Gasteiger charge is -2.10. The largest absolute Gasteiger partial charge is 0.503 e. The number of phenolic OH excluding ortho intramolecular Hbond substituents is 1. The molecule has 4 nitrogen and oxygen atoms in total. The summed E-state index contributed by atoms with van der Waals surface area (Å²) in [6, 6.07) is 3.88. The summed E-state index contributed by atoms with van der Waals surface area (Å²) in [5.41, 5.74) is 1.96. The Labute approximate surface area is 137 Å². The van der Waals surface area contributed by atoms with Gasteiger partial charge in [-0.3, -0.25) is 0 Å². The smallest absolute Gasteiger partial charge is 0.172 e. The van der Waals surface area contributed by atoms with Crippen LogP contribution in [0.25, 0.3) is 10.6 Å². The highest BCUT2D eigenvalue weighted by Gasteiger charge is 2.14. The van der Waals surface area contributed by atoms with E-state index in [1.807, 2.05) is 6.07 Å². The molecule has 2 aromatic rings. The standard InChI is InChI=1S/C15H19BrN2O2S/c1-4-5-17-9(2)12-8-21-15(18-12)10-6-11(16)14(19)13(7-10)20-3/h6-9,17,19H,4-5H2,1-3H3. The minimum atomic E-state index is 0.107. The van der Waals surface area contributed by atoms with Crippen molar-refractivity contribution in [3.05, 3.63) is 27.7 Å². The Morgan fingerprint density at radius 3 is 2.90 bits per heavy atom. The summed E-state index contributed by atoms with van der Waals surface area (Å²) in [6.07, 6.45) is 1.10. The number of hydrogen-bond acceptors (Lipinski definition) is 5. The number of nitrogens with one attached hydrogen (secondary N) is 1. The van der Waals surface area contributed by atoms with Gasteiger partial charge in [0.25, 0.3) is 0 Å². The van der Waals surface area contributed by atoms with E-state index < -0.39 is 0 Å². The quantitative estimate of drug-likeness (QED) is 0.793. The topological polar surface area (TPSA) is 54.4 Å². The normalized spacial score (nSPS) is 12.4. The number of aromatic hydroxyl groups is 1. The number of ether oxygens (including phenoxy) is 1. The molecule has 1 aromatic carbocycles. The van der Waals surface area contributed by atoms with Gasteiger partial charge >= 0.3 is 0 Å². The fourth-order valence-corrected chi connectivity index (χ4v) is 3.28. The first-order valence-corrected chi connectivity index (χ1v) is 8.49. The van der Waals surface area contributed by atoms with Crippen LogP contribution in [0.3, 0.4) is 0 Å². The lowest BCUT2D eigenvalue weighted by Crippen LogP contribution is -2.19. The summed E-state index contributed by atoms with van der Waals surface area (Å²) in [6.45, 7) is 5.24. The number of halogens is 1. The van der Waals surface area contributed by atoms with Crippen molar-refractivity contribution in [2.24, 2.45) is 0 Å². The van der Waals surface area contributed by atoms with Gasteiger partial charge in [-0.15, -0.1) is 11.3 Å². The van der Waals surface area contributed by atoms with E-state index in [-0.39, 0.29) is 11.8 Å². The molecular formula is C15H19BrN2O2S. The second kappa shape index (κ2) is 7.24. The zero-order chi connectivity index (χ0) is 15.4. The lowest BCUT2D eigenvalue weighted by molar-refractivity contribution is 0.372. The van der Waals surface area contributed by atoms with Crippen LogP contribution in [0.5, 0.6) is 11.5 Å². The first kappa shape index (κ1) is 16.3. The fraction of sp³-hybridized carbons (Fsp3) is 0.400. The maximum absolute atomic E-state index is 9.86. The molecule has 21 heavy (non-hydrogen) atoms. The first-order chi connectivity index (χ1) is 10.1. The molecule has 0 bridgehead atoms. The van der Waals surface area contributed by atoms with Crippen LogP contribution in [0.4, 0.5) is 0 Å². The van der Waals surface area contributed by atoms with Crippen LogP contribution >= 0.6 is 27.3 Å². The maximum Gasteiger partial charge on any atom is 0.172 e. The molecule has 0 fully saturated rings. The van der Waals surface area contributed by atoms with Gasteiger partial charge in [-0.1, -0.05) is 6.92 Å². The molecule has 0 aliphatic heterocycles. The van der Waals surface area contributed by atoms with Crippen LogP contribution in [-0.2, 0) is 0 Å². The third-order valence-corrected chi connectivity index (χ3v) is 4.68. The molecule has 0 spiro atoms. The van der Waals surface area contributed by atoms with Gasteiger partial charge in [-0.05, 0) is 48.0 Å². The molecule has 0 radical (unpaired) electrons. The van der Waals surface area contributed by atoms with E-state index in [0.29, 0.717) is 10.2 Å². The van der Waals surface area contributed by atoms with Crippen LogP contribution in [-0.4, -0.2) is 23.7 Å². The van der Waals surface area contributed by atoms with Gasteiger partial charge in [0.05, 0.1) is 17.3 Å². The highest BCUT2D eigenvalue weighted by atomic mass is 79.9. The van der Waals surface area contributed by atoms with Crippen LogP contribution in [0.2, 0.25) is 0 Å². The summed E-state index contributed by atoms with van der Waals surface area (Å²) in [7, 11) is 1.54. The summed E-state index contributed by atoms with van der Waals surface area (Å²) >= 11 is 4.93. The number of phenols is 1.